The van der Waals surface area contributed by atoms with Crippen molar-refractivity contribution in [2.75, 3.05) is 0 Å². The van der Waals surface area contributed by atoms with E-state index in [1.165, 1.54) is 0 Å². The van der Waals surface area contributed by atoms with Crippen LogP contribution < -0.4 is 4.57 Å². The summed E-state index contributed by atoms with van der Waals surface area (Å²) >= 11 is 0. The van der Waals surface area contributed by atoms with Crippen molar-refractivity contribution in [3.8, 4) is 0 Å². The zero-order valence-corrected chi connectivity index (χ0v) is 9.92. The molecule has 0 amide bonds. The summed E-state index contributed by atoms with van der Waals surface area (Å²) in [4.78, 5) is 12.3. The first-order valence-electron chi connectivity index (χ1n) is 5.75. The number of hydrogen-bond acceptors (Lipinski definition) is 2. The summed E-state index contributed by atoms with van der Waals surface area (Å²) in [5, 5.41) is 10.2. The van der Waals surface area contributed by atoms with Crippen molar-refractivity contribution in [3.63, 3.8) is 0 Å². The lowest BCUT2D eigenvalue weighted by atomic mass is 10.1. The molecule has 2 aromatic rings. The first-order valence-corrected chi connectivity index (χ1v) is 5.75. The van der Waals surface area contributed by atoms with E-state index in [0.717, 1.165) is 5.69 Å². The Morgan fingerprint density at radius 3 is 2.33 bits per heavy atom. The Balaban J connectivity index is 2.25. The molecule has 1 aromatic heterocycles. The molecule has 3 nitrogen and oxygen atoms in total. The number of benzene rings is 1. The normalized spacial score (nSPS) is 13.9. The van der Waals surface area contributed by atoms with E-state index in [0.29, 0.717) is 16.8 Å². The maximum absolute atomic E-state index is 12.3. The van der Waals surface area contributed by atoms with Crippen LogP contribution in [0.5, 0.6) is 0 Å². The van der Waals surface area contributed by atoms with Crippen LogP contribution in [-0.4, -0.2) is 10.9 Å². The van der Waals surface area contributed by atoms with Crippen molar-refractivity contribution in [2.45, 2.75) is 6.92 Å². The zero-order chi connectivity index (χ0) is 12.7. The molecule has 3 rings (SSSR count). The van der Waals surface area contributed by atoms with Gasteiger partial charge in [0.25, 0.3) is 5.78 Å². The topological polar surface area (TPSA) is 41.2 Å². The maximum Gasteiger partial charge on any atom is 0.301 e. The number of nitrogens with zero attached hydrogens (tertiary/aromatic N) is 1. The first kappa shape index (κ1) is 10.7. The zero-order valence-electron chi connectivity index (χ0n) is 9.92. The molecule has 0 spiro atoms. The summed E-state index contributed by atoms with van der Waals surface area (Å²) in [6.07, 6.45) is 1.78. The highest BCUT2D eigenvalue weighted by Gasteiger charge is 2.37. The molecule has 1 aromatic carbocycles. The van der Waals surface area contributed by atoms with Crippen LogP contribution in [0.3, 0.4) is 0 Å². The van der Waals surface area contributed by atoms with Gasteiger partial charge in [0.1, 0.15) is 0 Å². The van der Waals surface area contributed by atoms with Gasteiger partial charge in [-0.15, -0.1) is 0 Å². The Bertz CT molecular complexity index is 686. The monoisotopic (exact) mass is 238 g/mol. The van der Waals surface area contributed by atoms with Gasteiger partial charge in [0.15, 0.2) is 11.9 Å². The standard InChI is InChI=1S/C15H11NO2/c1-10-6-4-5-9-16(10)13-14(17)11-7-2-3-8-12(11)15(13)18/h2-9H,1H3/p+1. The summed E-state index contributed by atoms with van der Waals surface area (Å²) < 4.78 is 1.72. The van der Waals surface area contributed by atoms with Gasteiger partial charge in [-0.05, 0) is 0 Å². The SMILES string of the molecule is Cc1cccc[n+]1C1=C(O)c2ccccc2C1=O. The molecule has 0 saturated heterocycles. The second-order valence-electron chi connectivity index (χ2n) is 4.28. The van der Waals surface area contributed by atoms with Crippen LogP contribution in [0.2, 0.25) is 0 Å². The van der Waals surface area contributed by atoms with Gasteiger partial charge in [0.05, 0.1) is 0 Å². The van der Waals surface area contributed by atoms with Gasteiger partial charge in [0, 0.05) is 30.2 Å². The number of carbonyl (C=O) groups excluding carboxylic acids is 1. The fourth-order valence-electron chi connectivity index (χ4n) is 2.25. The lowest BCUT2D eigenvalue weighted by molar-refractivity contribution is -0.583. The van der Waals surface area contributed by atoms with E-state index in [2.05, 4.69) is 0 Å². The van der Waals surface area contributed by atoms with Gasteiger partial charge >= 0.3 is 5.70 Å². The first-order chi connectivity index (χ1) is 8.70. The molecule has 0 atom stereocenters. The molecule has 1 aliphatic carbocycles. The third-order valence-electron chi connectivity index (χ3n) is 3.17. The van der Waals surface area contributed by atoms with Crippen molar-refractivity contribution in [1.29, 1.82) is 0 Å². The van der Waals surface area contributed by atoms with Gasteiger partial charge in [-0.1, -0.05) is 30.3 Å². The maximum atomic E-state index is 12.3. The number of aryl methyl sites for hydroxylation is 1. The lowest BCUT2D eigenvalue weighted by Gasteiger charge is -1.98. The van der Waals surface area contributed by atoms with Crippen molar-refractivity contribution in [3.05, 3.63) is 65.5 Å². The molecule has 88 valence electrons. The number of pyridine rings is 1. The number of aromatic nitrogens is 1. The summed E-state index contributed by atoms with van der Waals surface area (Å²) in [6, 6.07) is 12.7. The number of aliphatic hydroxyl groups excluding tert-OH is 1. The highest BCUT2D eigenvalue weighted by Crippen LogP contribution is 2.30. The molecule has 0 aliphatic heterocycles. The number of Topliss-reactive ketones (excluding diaryl/α,β-unsaturated/α-hetero) is 1. The molecule has 0 radical (unpaired) electrons. The van der Waals surface area contributed by atoms with E-state index in [-0.39, 0.29) is 11.5 Å². The largest absolute Gasteiger partial charge is 0.502 e. The quantitative estimate of drug-likeness (QED) is 0.775. The Hall–Kier alpha value is -2.42. The summed E-state index contributed by atoms with van der Waals surface area (Å²) in [7, 11) is 0. The average molecular weight is 238 g/mol. The third-order valence-corrected chi connectivity index (χ3v) is 3.17. The average Bonchev–Trinajstić information content (AvgIpc) is 2.64. The molecular formula is C15H12NO2+. The number of carbonyl (C=O) groups is 1. The highest BCUT2D eigenvalue weighted by molar-refractivity contribution is 6.32. The Labute approximate surface area is 105 Å². The fraction of sp³-hybridized carbons (Fsp3) is 0.0667. The van der Waals surface area contributed by atoms with E-state index >= 15 is 0 Å². The molecule has 1 N–H and O–H groups in total. The molecule has 3 heteroatoms. The van der Waals surface area contributed by atoms with E-state index < -0.39 is 0 Å². The van der Waals surface area contributed by atoms with Crippen LogP contribution in [0, 0.1) is 6.92 Å². The van der Waals surface area contributed by atoms with Crippen molar-refractivity contribution >= 4 is 17.2 Å². The smallest absolute Gasteiger partial charge is 0.301 e. The summed E-state index contributed by atoms with van der Waals surface area (Å²) in [6.45, 7) is 1.90. The molecule has 18 heavy (non-hydrogen) atoms. The number of fused-ring (bicyclic) bond motifs is 1. The Morgan fingerprint density at radius 2 is 1.67 bits per heavy atom. The Morgan fingerprint density at radius 1 is 1.00 bits per heavy atom. The fourth-order valence-corrected chi connectivity index (χ4v) is 2.25. The van der Waals surface area contributed by atoms with E-state index in [1.807, 2.05) is 31.2 Å². The summed E-state index contributed by atoms with van der Waals surface area (Å²) in [5.41, 5.74) is 2.39. The number of ketones is 1. The molecular weight excluding hydrogens is 226 g/mol. The van der Waals surface area contributed by atoms with Crippen LogP contribution in [-0.2, 0) is 0 Å². The minimum atomic E-state index is -0.137. The van der Waals surface area contributed by atoms with Gasteiger partial charge < -0.3 is 5.11 Å². The second kappa shape index (κ2) is 3.81. The van der Waals surface area contributed by atoms with Crippen molar-refractivity contribution < 1.29 is 14.5 Å². The van der Waals surface area contributed by atoms with Crippen LogP contribution >= 0.6 is 0 Å². The number of hydrogen-bond donors (Lipinski definition) is 1. The lowest BCUT2D eigenvalue weighted by Crippen LogP contribution is -2.38. The third kappa shape index (κ3) is 1.37. The molecule has 0 saturated carbocycles. The van der Waals surface area contributed by atoms with Gasteiger partial charge in [-0.3, -0.25) is 4.79 Å². The van der Waals surface area contributed by atoms with Crippen molar-refractivity contribution in [1.82, 2.24) is 0 Å². The second-order valence-corrected chi connectivity index (χ2v) is 4.28. The van der Waals surface area contributed by atoms with Gasteiger partial charge in [-0.25, -0.2) is 0 Å². The van der Waals surface area contributed by atoms with Crippen LogP contribution in [0.15, 0.2) is 48.7 Å². The molecule has 0 unspecified atom stereocenters. The minimum absolute atomic E-state index is 0.0508. The van der Waals surface area contributed by atoms with E-state index in [4.69, 9.17) is 0 Å². The molecule has 0 bridgehead atoms. The van der Waals surface area contributed by atoms with Crippen LogP contribution in [0.25, 0.3) is 11.5 Å². The Kier molecular flexibility index (Phi) is 2.27. The number of rotatable bonds is 1. The molecule has 1 heterocycles. The van der Waals surface area contributed by atoms with E-state index in [9.17, 15) is 9.90 Å². The van der Waals surface area contributed by atoms with Crippen LogP contribution in [0.4, 0.5) is 0 Å². The minimum Gasteiger partial charge on any atom is -0.502 e. The van der Waals surface area contributed by atoms with Gasteiger partial charge in [0.2, 0.25) is 5.76 Å². The molecule has 1 aliphatic rings. The summed E-state index contributed by atoms with van der Waals surface area (Å²) in [5.74, 6) is -0.0858. The predicted molar refractivity (Wildman–Crippen MR) is 67.9 cm³/mol. The molecule has 0 fully saturated rings. The number of aliphatic hydroxyl groups is 1. The van der Waals surface area contributed by atoms with Crippen molar-refractivity contribution in [2.24, 2.45) is 0 Å². The van der Waals surface area contributed by atoms with Crippen LogP contribution in [0.1, 0.15) is 21.6 Å². The highest BCUT2D eigenvalue weighted by atomic mass is 16.3. The number of allylic oxidation sites excluding steroid dienone is 1. The van der Waals surface area contributed by atoms with Gasteiger partial charge in [-0.2, -0.15) is 4.57 Å². The predicted octanol–water partition coefficient (Wildman–Crippen LogP) is 2.36. The van der Waals surface area contributed by atoms with E-state index in [1.54, 1.807) is 29.0 Å².